The number of nitrogens with one attached hydrogen (secondary N) is 1. The van der Waals surface area contributed by atoms with Crippen molar-refractivity contribution >= 4 is 11.3 Å². The first-order chi connectivity index (χ1) is 8.28. The van der Waals surface area contributed by atoms with Crippen LogP contribution in [0.2, 0.25) is 0 Å². The van der Waals surface area contributed by atoms with E-state index in [2.05, 4.69) is 15.3 Å². The average molecular weight is 249 g/mol. The highest BCUT2D eigenvalue weighted by Gasteiger charge is 2.00. The van der Waals surface area contributed by atoms with Gasteiger partial charge in [-0.3, -0.25) is 0 Å². The third-order valence-electron chi connectivity index (χ3n) is 2.26. The molecule has 0 aliphatic heterocycles. The lowest BCUT2D eigenvalue weighted by Crippen LogP contribution is -2.12. The van der Waals surface area contributed by atoms with Crippen LogP contribution in [0, 0.1) is 6.92 Å². The van der Waals surface area contributed by atoms with Crippen molar-refractivity contribution in [1.82, 2.24) is 15.3 Å². The summed E-state index contributed by atoms with van der Waals surface area (Å²) >= 11 is 1.71. The molecule has 2 heterocycles. The fourth-order valence-electron chi connectivity index (χ4n) is 1.47. The van der Waals surface area contributed by atoms with Gasteiger partial charge in [0.1, 0.15) is 0 Å². The molecule has 0 amide bonds. The molecule has 2 rings (SSSR count). The molecule has 4 nitrogen and oxygen atoms in total. The zero-order valence-corrected chi connectivity index (χ0v) is 10.8. The molecule has 90 valence electrons. The third kappa shape index (κ3) is 3.51. The van der Waals surface area contributed by atoms with E-state index in [4.69, 9.17) is 4.74 Å². The number of hydrogen-bond acceptors (Lipinski definition) is 5. The van der Waals surface area contributed by atoms with Gasteiger partial charge in [0, 0.05) is 30.2 Å². The second-order valence-electron chi connectivity index (χ2n) is 3.62. The molecule has 0 saturated carbocycles. The molecule has 0 bridgehead atoms. The van der Waals surface area contributed by atoms with Gasteiger partial charge in [-0.1, -0.05) is 6.07 Å². The number of nitrogens with zero attached hydrogens (tertiary/aromatic N) is 2. The van der Waals surface area contributed by atoms with Crippen LogP contribution in [0.3, 0.4) is 0 Å². The molecule has 17 heavy (non-hydrogen) atoms. The molecular weight excluding hydrogens is 234 g/mol. The van der Waals surface area contributed by atoms with Crippen molar-refractivity contribution in [1.29, 1.82) is 0 Å². The Kier molecular flexibility index (Phi) is 4.06. The summed E-state index contributed by atoms with van der Waals surface area (Å²) in [5, 5.41) is 4.43. The molecule has 0 fully saturated rings. The summed E-state index contributed by atoms with van der Waals surface area (Å²) in [6, 6.07) is 5.77. The van der Waals surface area contributed by atoms with Crippen LogP contribution in [-0.2, 0) is 13.1 Å². The zero-order valence-electron chi connectivity index (χ0n) is 9.93. The summed E-state index contributed by atoms with van der Waals surface area (Å²) in [5.74, 6) is 0.651. The standard InChI is InChI=1S/C12H15N3OS/c1-9-14-8-11(17-9)7-13-6-10-4-3-5-12(15-10)16-2/h3-5,8,13H,6-7H2,1-2H3. The van der Waals surface area contributed by atoms with Crippen molar-refractivity contribution in [2.24, 2.45) is 0 Å². The molecule has 5 heteroatoms. The van der Waals surface area contributed by atoms with E-state index in [0.717, 1.165) is 23.8 Å². The summed E-state index contributed by atoms with van der Waals surface area (Å²) in [6.45, 7) is 3.57. The lowest BCUT2D eigenvalue weighted by Gasteiger charge is -2.04. The maximum Gasteiger partial charge on any atom is 0.213 e. The maximum absolute atomic E-state index is 5.08. The summed E-state index contributed by atoms with van der Waals surface area (Å²) in [4.78, 5) is 9.78. The normalized spacial score (nSPS) is 10.5. The van der Waals surface area contributed by atoms with E-state index in [1.165, 1.54) is 4.88 Å². The Balaban J connectivity index is 1.85. The minimum absolute atomic E-state index is 0.651. The second kappa shape index (κ2) is 5.75. The number of thiazole rings is 1. The monoisotopic (exact) mass is 249 g/mol. The van der Waals surface area contributed by atoms with Crippen molar-refractivity contribution in [2.45, 2.75) is 20.0 Å². The number of ether oxygens (including phenoxy) is 1. The van der Waals surface area contributed by atoms with Gasteiger partial charge < -0.3 is 10.1 Å². The highest BCUT2D eigenvalue weighted by molar-refractivity contribution is 7.11. The SMILES string of the molecule is COc1cccc(CNCc2cnc(C)s2)n1. The largest absolute Gasteiger partial charge is 0.481 e. The summed E-state index contributed by atoms with van der Waals surface area (Å²) in [6.07, 6.45) is 1.91. The predicted octanol–water partition coefficient (Wildman–Crippen LogP) is 2.14. The minimum atomic E-state index is 0.651. The molecular formula is C12H15N3OS. The highest BCUT2D eigenvalue weighted by Crippen LogP contribution is 2.11. The molecule has 2 aromatic heterocycles. The molecule has 0 radical (unpaired) electrons. The van der Waals surface area contributed by atoms with E-state index < -0.39 is 0 Å². The average Bonchev–Trinajstić information content (AvgIpc) is 2.75. The molecule has 0 aliphatic carbocycles. The van der Waals surface area contributed by atoms with E-state index in [9.17, 15) is 0 Å². The van der Waals surface area contributed by atoms with Gasteiger partial charge in [-0.05, 0) is 13.0 Å². The molecule has 1 N–H and O–H groups in total. The van der Waals surface area contributed by atoms with Crippen molar-refractivity contribution < 1.29 is 4.74 Å². The van der Waals surface area contributed by atoms with Crippen LogP contribution in [-0.4, -0.2) is 17.1 Å². The Morgan fingerprint density at radius 2 is 2.24 bits per heavy atom. The second-order valence-corrected chi connectivity index (χ2v) is 4.94. The Bertz CT molecular complexity index is 484. The molecule has 0 aromatic carbocycles. The first-order valence-corrected chi connectivity index (χ1v) is 6.21. The molecule has 2 aromatic rings. The van der Waals surface area contributed by atoms with Crippen LogP contribution >= 0.6 is 11.3 Å². The van der Waals surface area contributed by atoms with Gasteiger partial charge >= 0.3 is 0 Å². The molecule has 0 aliphatic rings. The fourth-order valence-corrected chi connectivity index (χ4v) is 2.24. The van der Waals surface area contributed by atoms with E-state index in [0.29, 0.717) is 5.88 Å². The van der Waals surface area contributed by atoms with Crippen LogP contribution in [0.1, 0.15) is 15.6 Å². The van der Waals surface area contributed by atoms with E-state index in [1.54, 1.807) is 18.4 Å². The first-order valence-electron chi connectivity index (χ1n) is 5.40. The van der Waals surface area contributed by atoms with Gasteiger partial charge in [0.25, 0.3) is 0 Å². The minimum Gasteiger partial charge on any atom is -0.481 e. The van der Waals surface area contributed by atoms with Gasteiger partial charge in [-0.25, -0.2) is 9.97 Å². The number of aromatic nitrogens is 2. The molecule has 0 atom stereocenters. The smallest absolute Gasteiger partial charge is 0.213 e. The number of rotatable bonds is 5. The first kappa shape index (κ1) is 12.0. The number of aryl methyl sites for hydroxylation is 1. The Labute approximate surface area is 105 Å². The van der Waals surface area contributed by atoms with Crippen LogP contribution < -0.4 is 10.1 Å². The Morgan fingerprint density at radius 3 is 2.94 bits per heavy atom. The summed E-state index contributed by atoms with van der Waals surface area (Å²) < 4.78 is 5.08. The molecule has 0 unspecified atom stereocenters. The lowest BCUT2D eigenvalue weighted by molar-refractivity contribution is 0.395. The quantitative estimate of drug-likeness (QED) is 0.882. The lowest BCUT2D eigenvalue weighted by atomic mass is 10.3. The van der Waals surface area contributed by atoms with Crippen molar-refractivity contribution in [3.8, 4) is 5.88 Å². The fraction of sp³-hybridized carbons (Fsp3) is 0.333. The molecule has 0 spiro atoms. The number of pyridine rings is 1. The predicted molar refractivity (Wildman–Crippen MR) is 68.2 cm³/mol. The van der Waals surface area contributed by atoms with E-state index in [-0.39, 0.29) is 0 Å². The van der Waals surface area contributed by atoms with Gasteiger partial charge in [-0.2, -0.15) is 0 Å². The van der Waals surface area contributed by atoms with Crippen LogP contribution in [0.4, 0.5) is 0 Å². The van der Waals surface area contributed by atoms with Crippen LogP contribution in [0.15, 0.2) is 24.4 Å². The molecule has 0 saturated heterocycles. The van der Waals surface area contributed by atoms with Gasteiger partial charge in [0.2, 0.25) is 5.88 Å². The summed E-state index contributed by atoms with van der Waals surface area (Å²) in [7, 11) is 1.62. The zero-order chi connectivity index (χ0) is 12.1. The number of hydrogen-bond donors (Lipinski definition) is 1. The highest BCUT2D eigenvalue weighted by atomic mass is 32.1. The van der Waals surface area contributed by atoms with E-state index in [1.807, 2.05) is 31.3 Å². The van der Waals surface area contributed by atoms with Gasteiger partial charge in [0.05, 0.1) is 17.8 Å². The van der Waals surface area contributed by atoms with E-state index >= 15 is 0 Å². The Hall–Kier alpha value is -1.46. The van der Waals surface area contributed by atoms with Crippen molar-refractivity contribution in [2.75, 3.05) is 7.11 Å². The Morgan fingerprint density at radius 1 is 1.35 bits per heavy atom. The number of methoxy groups -OCH3 is 1. The van der Waals surface area contributed by atoms with Crippen molar-refractivity contribution in [3.05, 3.63) is 40.0 Å². The van der Waals surface area contributed by atoms with Crippen LogP contribution in [0.5, 0.6) is 5.88 Å². The van der Waals surface area contributed by atoms with Gasteiger partial charge in [-0.15, -0.1) is 11.3 Å². The van der Waals surface area contributed by atoms with Crippen LogP contribution in [0.25, 0.3) is 0 Å². The maximum atomic E-state index is 5.08. The third-order valence-corrected chi connectivity index (χ3v) is 3.18. The van der Waals surface area contributed by atoms with Crippen molar-refractivity contribution in [3.63, 3.8) is 0 Å². The summed E-state index contributed by atoms with van der Waals surface area (Å²) in [5.41, 5.74) is 0.977. The van der Waals surface area contributed by atoms with Gasteiger partial charge in [0.15, 0.2) is 0 Å². The topological polar surface area (TPSA) is 47.0 Å².